The van der Waals surface area contributed by atoms with E-state index in [1.165, 1.54) is 19.4 Å². The maximum atomic E-state index is 14.7. The van der Waals surface area contributed by atoms with E-state index >= 15 is 0 Å². The van der Waals surface area contributed by atoms with E-state index in [9.17, 15) is 9.18 Å². The molecular formula is C23H22FN5O2. The van der Waals surface area contributed by atoms with Gasteiger partial charge in [-0.3, -0.25) is 14.7 Å². The summed E-state index contributed by atoms with van der Waals surface area (Å²) >= 11 is 0. The predicted molar refractivity (Wildman–Crippen MR) is 116 cm³/mol. The number of fused-ring (bicyclic) bond motifs is 1. The van der Waals surface area contributed by atoms with Crippen molar-refractivity contribution in [3.8, 4) is 17.0 Å². The first-order valence-corrected chi connectivity index (χ1v) is 10.2. The number of pyridine rings is 2. The molecule has 0 spiro atoms. The molecule has 2 aliphatic heterocycles. The van der Waals surface area contributed by atoms with Gasteiger partial charge in [0.05, 0.1) is 24.9 Å². The Bertz CT molecular complexity index is 1150. The molecule has 1 saturated heterocycles. The van der Waals surface area contributed by atoms with Gasteiger partial charge >= 0.3 is 0 Å². The molecule has 1 fully saturated rings. The van der Waals surface area contributed by atoms with Gasteiger partial charge in [0.15, 0.2) is 0 Å². The molecule has 0 bridgehead atoms. The first kappa shape index (κ1) is 19.4. The van der Waals surface area contributed by atoms with Crippen molar-refractivity contribution >= 4 is 17.5 Å². The highest BCUT2D eigenvalue weighted by Gasteiger charge is 2.33. The van der Waals surface area contributed by atoms with Crippen LogP contribution in [-0.4, -0.2) is 42.1 Å². The Morgan fingerprint density at radius 1 is 1.23 bits per heavy atom. The lowest BCUT2D eigenvalue weighted by atomic mass is 10.0. The largest absolute Gasteiger partial charge is 0.496 e. The number of aromatic nitrogens is 2. The molecule has 8 heteroatoms. The monoisotopic (exact) mass is 419 g/mol. The molecule has 0 saturated carbocycles. The maximum Gasteiger partial charge on any atom is 0.260 e. The highest BCUT2D eigenvalue weighted by molar-refractivity contribution is 6.10. The highest BCUT2D eigenvalue weighted by atomic mass is 19.1. The molecule has 2 aliphatic rings. The second-order valence-corrected chi connectivity index (χ2v) is 7.61. The minimum Gasteiger partial charge on any atom is -0.496 e. The SMILES string of the molecule is COc1cccc(F)c1-c1nccc2c1CN(c1cccc(NC3CCNC3)n1)C2=O. The lowest BCUT2D eigenvalue weighted by Crippen LogP contribution is -2.26. The molecule has 3 aromatic rings. The van der Waals surface area contributed by atoms with E-state index in [0.29, 0.717) is 34.4 Å². The minimum atomic E-state index is -0.444. The normalized spacial score (nSPS) is 17.7. The van der Waals surface area contributed by atoms with Crippen molar-refractivity contribution in [3.63, 3.8) is 0 Å². The fourth-order valence-corrected chi connectivity index (χ4v) is 4.17. The number of benzene rings is 1. The third-order valence-electron chi connectivity index (χ3n) is 5.70. The predicted octanol–water partition coefficient (Wildman–Crippen LogP) is 3.23. The first-order valence-electron chi connectivity index (χ1n) is 10.2. The summed E-state index contributed by atoms with van der Waals surface area (Å²) in [4.78, 5) is 23.8. The van der Waals surface area contributed by atoms with Crippen molar-refractivity contribution in [2.75, 3.05) is 30.4 Å². The lowest BCUT2D eigenvalue weighted by Gasteiger charge is -2.18. The quantitative estimate of drug-likeness (QED) is 0.661. The van der Waals surface area contributed by atoms with Crippen LogP contribution in [0.5, 0.6) is 5.75 Å². The number of hydrogen-bond donors (Lipinski definition) is 2. The summed E-state index contributed by atoms with van der Waals surface area (Å²) in [6.07, 6.45) is 2.56. The van der Waals surface area contributed by atoms with Crippen LogP contribution < -0.4 is 20.3 Å². The van der Waals surface area contributed by atoms with E-state index in [1.807, 2.05) is 12.1 Å². The molecule has 0 radical (unpaired) electrons. The second kappa shape index (κ2) is 7.96. The van der Waals surface area contributed by atoms with Crippen molar-refractivity contribution in [2.45, 2.75) is 19.0 Å². The van der Waals surface area contributed by atoms with Crippen LogP contribution in [0.25, 0.3) is 11.3 Å². The smallest absolute Gasteiger partial charge is 0.260 e. The molecule has 158 valence electrons. The summed E-state index contributed by atoms with van der Waals surface area (Å²) in [6, 6.07) is 12.2. The van der Waals surface area contributed by atoms with Crippen molar-refractivity contribution in [1.82, 2.24) is 15.3 Å². The number of halogens is 1. The fraction of sp³-hybridized carbons (Fsp3) is 0.261. The van der Waals surface area contributed by atoms with Gasteiger partial charge in [-0.05, 0) is 43.3 Å². The van der Waals surface area contributed by atoms with Gasteiger partial charge in [0, 0.05) is 29.9 Å². The summed E-state index contributed by atoms with van der Waals surface area (Å²) < 4.78 is 20.1. The Morgan fingerprint density at radius 3 is 2.90 bits per heavy atom. The van der Waals surface area contributed by atoms with Crippen molar-refractivity contribution in [1.29, 1.82) is 0 Å². The summed E-state index contributed by atoms with van der Waals surface area (Å²) in [7, 11) is 1.49. The van der Waals surface area contributed by atoms with Crippen molar-refractivity contribution in [2.24, 2.45) is 0 Å². The molecule has 1 amide bonds. The number of carbonyl (C=O) groups excluding carboxylic acids is 1. The molecule has 1 aromatic carbocycles. The van der Waals surface area contributed by atoms with E-state index in [0.717, 1.165) is 25.3 Å². The second-order valence-electron chi connectivity index (χ2n) is 7.61. The van der Waals surface area contributed by atoms with Gasteiger partial charge in [-0.2, -0.15) is 0 Å². The van der Waals surface area contributed by atoms with Crippen LogP contribution in [0.4, 0.5) is 16.0 Å². The number of carbonyl (C=O) groups is 1. The van der Waals surface area contributed by atoms with Gasteiger partial charge in [-0.25, -0.2) is 9.37 Å². The van der Waals surface area contributed by atoms with E-state index in [1.54, 1.807) is 29.2 Å². The Morgan fingerprint density at radius 2 is 2.10 bits per heavy atom. The van der Waals surface area contributed by atoms with Crippen LogP contribution in [0.3, 0.4) is 0 Å². The third-order valence-corrected chi connectivity index (χ3v) is 5.70. The van der Waals surface area contributed by atoms with Gasteiger partial charge in [0.1, 0.15) is 23.2 Å². The highest BCUT2D eigenvalue weighted by Crippen LogP contribution is 2.38. The summed E-state index contributed by atoms with van der Waals surface area (Å²) in [6.45, 7) is 2.13. The number of nitrogens with zero attached hydrogens (tertiary/aromatic N) is 3. The Hall–Kier alpha value is -3.52. The van der Waals surface area contributed by atoms with E-state index in [4.69, 9.17) is 4.74 Å². The fourth-order valence-electron chi connectivity index (χ4n) is 4.17. The zero-order chi connectivity index (χ0) is 21.4. The summed E-state index contributed by atoms with van der Waals surface area (Å²) in [5.41, 5.74) is 1.83. The Kier molecular flexibility index (Phi) is 4.99. The van der Waals surface area contributed by atoms with E-state index in [-0.39, 0.29) is 18.0 Å². The molecular weight excluding hydrogens is 397 g/mol. The number of rotatable bonds is 5. The van der Waals surface area contributed by atoms with Crippen LogP contribution in [0.15, 0.2) is 48.7 Å². The Labute approximate surface area is 179 Å². The number of ether oxygens (including phenoxy) is 1. The molecule has 7 nitrogen and oxygen atoms in total. The van der Waals surface area contributed by atoms with E-state index in [2.05, 4.69) is 20.6 Å². The molecule has 2 N–H and O–H groups in total. The zero-order valence-corrected chi connectivity index (χ0v) is 17.1. The first-order chi connectivity index (χ1) is 15.2. The number of methoxy groups -OCH3 is 1. The summed E-state index contributed by atoms with van der Waals surface area (Å²) in [5.74, 6) is 1.02. The van der Waals surface area contributed by atoms with Crippen molar-refractivity contribution in [3.05, 3.63) is 65.6 Å². The molecule has 4 heterocycles. The lowest BCUT2D eigenvalue weighted by molar-refractivity contribution is 0.0996. The third kappa shape index (κ3) is 3.48. The molecule has 2 aromatic heterocycles. The van der Waals surface area contributed by atoms with Gasteiger partial charge in [-0.1, -0.05) is 12.1 Å². The number of nitrogens with one attached hydrogen (secondary N) is 2. The van der Waals surface area contributed by atoms with Crippen LogP contribution in [0, 0.1) is 5.82 Å². The molecule has 0 aliphatic carbocycles. The average Bonchev–Trinajstić information content (AvgIpc) is 3.42. The Balaban J connectivity index is 1.50. The van der Waals surface area contributed by atoms with Gasteiger partial charge in [-0.15, -0.1) is 0 Å². The van der Waals surface area contributed by atoms with Crippen LogP contribution >= 0.6 is 0 Å². The molecule has 5 rings (SSSR count). The molecule has 1 atom stereocenters. The van der Waals surface area contributed by atoms with Gasteiger partial charge < -0.3 is 15.4 Å². The van der Waals surface area contributed by atoms with Crippen LogP contribution in [0.2, 0.25) is 0 Å². The van der Waals surface area contributed by atoms with Crippen LogP contribution in [0.1, 0.15) is 22.3 Å². The number of anilines is 2. The molecule has 31 heavy (non-hydrogen) atoms. The van der Waals surface area contributed by atoms with Crippen LogP contribution in [-0.2, 0) is 6.54 Å². The van der Waals surface area contributed by atoms with Crippen molar-refractivity contribution < 1.29 is 13.9 Å². The van der Waals surface area contributed by atoms with Gasteiger partial charge in [0.25, 0.3) is 5.91 Å². The molecule has 1 unspecified atom stereocenters. The number of amides is 1. The summed E-state index contributed by atoms with van der Waals surface area (Å²) in [5, 5.41) is 6.72. The maximum absolute atomic E-state index is 14.7. The average molecular weight is 419 g/mol. The number of hydrogen-bond acceptors (Lipinski definition) is 6. The van der Waals surface area contributed by atoms with E-state index < -0.39 is 5.82 Å². The van der Waals surface area contributed by atoms with Gasteiger partial charge in [0.2, 0.25) is 0 Å². The topological polar surface area (TPSA) is 79.4 Å². The zero-order valence-electron chi connectivity index (χ0n) is 17.1. The standard InChI is InChI=1S/C23H22FN5O2/c1-31-18-5-2-4-17(24)21(18)22-16-13-29(23(30)15(16)9-11-26-22)20-7-3-6-19(28-20)27-14-8-10-25-12-14/h2-7,9,11,14,25H,8,10,12-13H2,1H3,(H,27,28). The minimum absolute atomic E-state index is 0.180.